The highest BCUT2D eigenvalue weighted by Crippen LogP contribution is 2.19. The van der Waals surface area contributed by atoms with Gasteiger partial charge < -0.3 is 5.11 Å². The zero-order valence-electron chi connectivity index (χ0n) is 10.5. The number of amides is 1. The van der Waals surface area contributed by atoms with Gasteiger partial charge in [0.2, 0.25) is 5.95 Å². The summed E-state index contributed by atoms with van der Waals surface area (Å²) in [6.07, 6.45) is 5.09. The van der Waals surface area contributed by atoms with E-state index in [0.717, 1.165) is 6.08 Å². The maximum Gasteiger partial charge on any atom is 0.328 e. The number of anilines is 1. The second-order valence-corrected chi connectivity index (χ2v) is 4.24. The van der Waals surface area contributed by atoms with Crippen molar-refractivity contribution >= 4 is 35.5 Å². The highest BCUT2D eigenvalue weighted by atomic mass is 35.5. The molecule has 106 valence electrons. The number of nitrogens with zero attached hydrogens (tertiary/aromatic N) is 3. The van der Waals surface area contributed by atoms with E-state index in [1.54, 1.807) is 6.07 Å². The summed E-state index contributed by atoms with van der Waals surface area (Å²) in [5.41, 5.74) is 0.785. The maximum absolute atomic E-state index is 12.0. The van der Waals surface area contributed by atoms with Crippen molar-refractivity contribution in [3.8, 4) is 0 Å². The average molecular weight is 305 g/mol. The number of hydrogen-bond donors (Lipinski definition) is 2. The molecule has 0 spiro atoms. The number of aromatic nitrogens is 3. The second-order valence-electron chi connectivity index (χ2n) is 3.83. The van der Waals surface area contributed by atoms with Crippen molar-refractivity contribution in [1.29, 1.82) is 0 Å². The topological polar surface area (TPSA) is 105 Å². The lowest BCUT2D eigenvalue weighted by Gasteiger charge is -2.04. The molecule has 21 heavy (non-hydrogen) atoms. The van der Waals surface area contributed by atoms with Crippen LogP contribution in [0.2, 0.25) is 5.02 Å². The minimum atomic E-state index is -1.08. The van der Waals surface area contributed by atoms with Crippen molar-refractivity contribution in [1.82, 2.24) is 15.2 Å². The lowest BCUT2D eigenvalue weighted by Crippen LogP contribution is -2.14. The molecule has 0 radical (unpaired) electrons. The van der Waals surface area contributed by atoms with Crippen LogP contribution in [0.3, 0.4) is 0 Å². The molecule has 0 unspecified atom stereocenters. The number of rotatable bonds is 4. The largest absolute Gasteiger partial charge is 0.478 e. The number of hydrogen-bond acceptors (Lipinski definition) is 5. The molecule has 0 saturated heterocycles. The van der Waals surface area contributed by atoms with E-state index in [4.69, 9.17) is 16.7 Å². The van der Waals surface area contributed by atoms with Crippen LogP contribution in [0.25, 0.3) is 6.08 Å². The van der Waals surface area contributed by atoms with E-state index >= 15 is 0 Å². The van der Waals surface area contributed by atoms with Gasteiger partial charge in [-0.25, -0.2) is 9.78 Å². The predicted octanol–water partition coefficient (Wildman–Crippen LogP) is 1.88. The van der Waals surface area contributed by atoms with E-state index in [-0.39, 0.29) is 11.0 Å². The van der Waals surface area contributed by atoms with Gasteiger partial charge >= 0.3 is 5.97 Å². The van der Waals surface area contributed by atoms with Crippen molar-refractivity contribution in [2.24, 2.45) is 0 Å². The summed E-state index contributed by atoms with van der Waals surface area (Å²) in [7, 11) is 0. The van der Waals surface area contributed by atoms with Crippen molar-refractivity contribution in [3.05, 3.63) is 52.8 Å². The molecular weight excluding hydrogens is 296 g/mol. The third-order valence-corrected chi connectivity index (χ3v) is 2.70. The molecule has 0 aliphatic rings. The molecule has 0 aliphatic carbocycles. The number of aliphatic carboxylic acids is 1. The molecule has 7 nitrogen and oxygen atoms in total. The normalized spacial score (nSPS) is 10.5. The summed E-state index contributed by atoms with van der Waals surface area (Å²) < 4.78 is 0. The van der Waals surface area contributed by atoms with Gasteiger partial charge in [0.1, 0.15) is 0 Å². The fourth-order valence-corrected chi connectivity index (χ4v) is 1.69. The molecule has 0 saturated carbocycles. The minimum absolute atomic E-state index is 0.0773. The zero-order chi connectivity index (χ0) is 15.2. The van der Waals surface area contributed by atoms with Gasteiger partial charge in [0.05, 0.1) is 12.4 Å². The van der Waals surface area contributed by atoms with Crippen LogP contribution >= 0.6 is 11.6 Å². The Morgan fingerprint density at radius 2 is 2.10 bits per heavy atom. The fourth-order valence-electron chi connectivity index (χ4n) is 1.44. The number of benzene rings is 1. The number of carboxylic acids is 1. The SMILES string of the molecule is O=C(O)/C=C/c1ccc(C(=O)Nc2nccnn2)cc1Cl. The van der Waals surface area contributed by atoms with Gasteiger partial charge in [0.25, 0.3) is 5.91 Å². The Kier molecular flexibility index (Phi) is 4.57. The molecule has 0 fully saturated rings. The van der Waals surface area contributed by atoms with E-state index in [1.165, 1.54) is 30.6 Å². The molecule has 8 heteroatoms. The lowest BCUT2D eigenvalue weighted by molar-refractivity contribution is -0.131. The molecule has 0 aliphatic heterocycles. The molecule has 2 N–H and O–H groups in total. The average Bonchev–Trinajstić information content (AvgIpc) is 2.46. The quantitative estimate of drug-likeness (QED) is 0.835. The number of nitrogens with one attached hydrogen (secondary N) is 1. The van der Waals surface area contributed by atoms with Crippen LogP contribution in [0.15, 0.2) is 36.7 Å². The molecule has 1 aromatic heterocycles. The maximum atomic E-state index is 12.0. The van der Waals surface area contributed by atoms with Crippen molar-refractivity contribution in [3.63, 3.8) is 0 Å². The molecule has 0 atom stereocenters. The predicted molar refractivity (Wildman–Crippen MR) is 75.9 cm³/mol. The standard InChI is InChI=1S/C13H9ClN4O3/c14-10-7-9(2-1-8(10)3-4-11(19)20)12(21)17-13-15-5-6-16-18-13/h1-7H,(H,19,20)(H,15,17,18,21)/b4-3+. The van der Waals surface area contributed by atoms with Gasteiger partial charge in [-0.05, 0) is 23.8 Å². The Morgan fingerprint density at radius 1 is 1.29 bits per heavy atom. The van der Waals surface area contributed by atoms with Crippen LogP contribution < -0.4 is 5.32 Å². The first-order chi connectivity index (χ1) is 10.1. The van der Waals surface area contributed by atoms with Crippen LogP contribution in [0.1, 0.15) is 15.9 Å². The summed E-state index contributed by atoms with van der Waals surface area (Å²) in [5, 5.41) is 18.5. The molecular formula is C13H9ClN4O3. The van der Waals surface area contributed by atoms with Gasteiger partial charge in [-0.1, -0.05) is 17.7 Å². The Hall–Kier alpha value is -2.80. The highest BCUT2D eigenvalue weighted by molar-refractivity contribution is 6.32. The summed E-state index contributed by atoms with van der Waals surface area (Å²) >= 11 is 5.99. The van der Waals surface area contributed by atoms with Crippen molar-refractivity contribution in [2.75, 3.05) is 5.32 Å². The minimum Gasteiger partial charge on any atom is -0.478 e. The van der Waals surface area contributed by atoms with Gasteiger partial charge in [0, 0.05) is 16.7 Å². The first-order valence-electron chi connectivity index (χ1n) is 5.72. The van der Waals surface area contributed by atoms with E-state index in [2.05, 4.69) is 20.5 Å². The van der Waals surface area contributed by atoms with Gasteiger partial charge in [0.15, 0.2) is 0 Å². The van der Waals surface area contributed by atoms with Crippen LogP contribution in [0.5, 0.6) is 0 Å². The summed E-state index contributed by atoms with van der Waals surface area (Å²) in [6.45, 7) is 0. The van der Waals surface area contributed by atoms with E-state index in [9.17, 15) is 9.59 Å². The zero-order valence-corrected chi connectivity index (χ0v) is 11.3. The molecule has 1 heterocycles. The Balaban J connectivity index is 2.16. The highest BCUT2D eigenvalue weighted by Gasteiger charge is 2.09. The van der Waals surface area contributed by atoms with E-state index in [0.29, 0.717) is 11.1 Å². The van der Waals surface area contributed by atoms with Gasteiger partial charge in [-0.2, -0.15) is 5.10 Å². The summed E-state index contributed by atoms with van der Waals surface area (Å²) in [5.74, 6) is -1.45. The Labute approximate surface area is 124 Å². The third kappa shape index (κ3) is 4.08. The molecule has 1 aromatic carbocycles. The Bertz CT molecular complexity index is 704. The number of halogens is 1. The number of carbonyl (C=O) groups excluding carboxylic acids is 1. The number of carboxylic acid groups (broad SMARTS) is 1. The van der Waals surface area contributed by atoms with Crippen molar-refractivity contribution < 1.29 is 14.7 Å². The van der Waals surface area contributed by atoms with Crippen molar-refractivity contribution in [2.45, 2.75) is 0 Å². The summed E-state index contributed by atoms with van der Waals surface area (Å²) in [4.78, 5) is 26.2. The third-order valence-electron chi connectivity index (χ3n) is 2.38. The first kappa shape index (κ1) is 14.6. The van der Waals surface area contributed by atoms with Crippen LogP contribution in [-0.2, 0) is 4.79 Å². The molecule has 2 rings (SSSR count). The summed E-state index contributed by atoms with van der Waals surface area (Å²) in [6, 6.07) is 4.48. The van der Waals surface area contributed by atoms with E-state index < -0.39 is 11.9 Å². The first-order valence-corrected chi connectivity index (χ1v) is 6.09. The fraction of sp³-hybridized carbons (Fsp3) is 0. The van der Waals surface area contributed by atoms with Gasteiger partial charge in [-0.15, -0.1) is 5.10 Å². The van der Waals surface area contributed by atoms with Gasteiger partial charge in [-0.3, -0.25) is 10.1 Å². The molecule has 2 aromatic rings. The number of carbonyl (C=O) groups is 2. The van der Waals surface area contributed by atoms with Crippen LogP contribution in [0.4, 0.5) is 5.95 Å². The van der Waals surface area contributed by atoms with Crippen LogP contribution in [-0.4, -0.2) is 32.2 Å². The van der Waals surface area contributed by atoms with Crippen LogP contribution in [0, 0.1) is 0 Å². The smallest absolute Gasteiger partial charge is 0.328 e. The lowest BCUT2D eigenvalue weighted by atomic mass is 10.1. The van der Waals surface area contributed by atoms with E-state index in [1.807, 2.05) is 0 Å². The monoisotopic (exact) mass is 304 g/mol. The molecule has 1 amide bonds. The second kappa shape index (κ2) is 6.58. The Morgan fingerprint density at radius 3 is 2.71 bits per heavy atom. The molecule has 0 bridgehead atoms.